The van der Waals surface area contributed by atoms with Crippen LogP contribution >= 0.6 is 0 Å². The second-order valence-corrected chi connectivity index (χ2v) is 6.34. The van der Waals surface area contributed by atoms with Crippen molar-refractivity contribution in [3.63, 3.8) is 0 Å². The SMILES string of the molecule is COc1cnccc1[C@H](C)NC(=O)N1CCC(Cn2ccnn2)CC1. The molecule has 1 aliphatic heterocycles. The lowest BCUT2D eigenvalue weighted by molar-refractivity contribution is 0.161. The van der Waals surface area contributed by atoms with E-state index >= 15 is 0 Å². The Kier molecular flexibility index (Phi) is 5.47. The molecule has 25 heavy (non-hydrogen) atoms. The number of likely N-dealkylation sites (tertiary alicyclic amines) is 1. The maximum atomic E-state index is 12.5. The number of hydrogen-bond donors (Lipinski definition) is 1. The van der Waals surface area contributed by atoms with E-state index in [1.54, 1.807) is 25.7 Å². The van der Waals surface area contributed by atoms with Crippen LogP contribution in [0.5, 0.6) is 5.75 Å². The molecular formula is C17H24N6O2. The van der Waals surface area contributed by atoms with E-state index in [1.807, 2.05) is 28.8 Å². The van der Waals surface area contributed by atoms with Gasteiger partial charge in [0.2, 0.25) is 0 Å². The van der Waals surface area contributed by atoms with E-state index in [9.17, 15) is 4.79 Å². The second kappa shape index (κ2) is 7.96. The highest BCUT2D eigenvalue weighted by Crippen LogP contribution is 2.24. The fourth-order valence-electron chi connectivity index (χ4n) is 3.19. The summed E-state index contributed by atoms with van der Waals surface area (Å²) in [6, 6.07) is 1.69. The van der Waals surface area contributed by atoms with Gasteiger partial charge in [-0.05, 0) is 31.7 Å². The predicted molar refractivity (Wildman–Crippen MR) is 92.1 cm³/mol. The molecule has 2 amide bonds. The maximum absolute atomic E-state index is 12.5. The van der Waals surface area contributed by atoms with Gasteiger partial charge in [0.25, 0.3) is 0 Å². The summed E-state index contributed by atoms with van der Waals surface area (Å²) < 4.78 is 7.18. The molecule has 0 unspecified atom stereocenters. The van der Waals surface area contributed by atoms with Crippen LogP contribution in [0.3, 0.4) is 0 Å². The minimum atomic E-state index is -0.140. The number of carbonyl (C=O) groups excluding carboxylic acids is 1. The zero-order valence-corrected chi connectivity index (χ0v) is 14.6. The molecule has 0 aliphatic carbocycles. The number of methoxy groups -OCH3 is 1. The quantitative estimate of drug-likeness (QED) is 0.895. The number of piperidine rings is 1. The van der Waals surface area contributed by atoms with E-state index in [4.69, 9.17) is 4.74 Å². The number of amides is 2. The van der Waals surface area contributed by atoms with Crippen molar-refractivity contribution in [2.24, 2.45) is 5.92 Å². The smallest absolute Gasteiger partial charge is 0.317 e. The van der Waals surface area contributed by atoms with Gasteiger partial charge in [-0.1, -0.05) is 5.21 Å². The van der Waals surface area contributed by atoms with Crippen LogP contribution in [0.2, 0.25) is 0 Å². The first kappa shape index (κ1) is 17.2. The van der Waals surface area contributed by atoms with Crippen LogP contribution in [-0.4, -0.2) is 51.1 Å². The molecule has 0 spiro atoms. The molecule has 1 saturated heterocycles. The number of hydrogen-bond acceptors (Lipinski definition) is 5. The van der Waals surface area contributed by atoms with Gasteiger partial charge in [0.1, 0.15) is 5.75 Å². The highest BCUT2D eigenvalue weighted by molar-refractivity contribution is 5.75. The molecule has 0 bridgehead atoms. The standard InChI is InChI=1S/C17H24N6O2/c1-13(15-3-6-18-11-16(15)25-2)20-17(24)22-8-4-14(5-9-22)12-23-10-7-19-21-23/h3,6-7,10-11,13-14H,4-5,8-9,12H2,1-2H3,(H,20,24)/t13-/m0/s1. The first-order chi connectivity index (χ1) is 12.2. The third-order valence-electron chi connectivity index (χ3n) is 4.66. The normalized spacial score (nSPS) is 16.5. The van der Waals surface area contributed by atoms with Gasteiger partial charge in [0, 0.05) is 37.6 Å². The van der Waals surface area contributed by atoms with Crippen LogP contribution in [0, 0.1) is 5.92 Å². The van der Waals surface area contributed by atoms with Crippen molar-refractivity contribution in [3.8, 4) is 5.75 Å². The molecule has 3 heterocycles. The molecule has 0 saturated carbocycles. The van der Waals surface area contributed by atoms with E-state index in [2.05, 4.69) is 20.6 Å². The Morgan fingerprint density at radius 1 is 1.40 bits per heavy atom. The van der Waals surface area contributed by atoms with Crippen molar-refractivity contribution in [3.05, 3.63) is 36.4 Å². The van der Waals surface area contributed by atoms with Gasteiger partial charge >= 0.3 is 6.03 Å². The van der Waals surface area contributed by atoms with E-state index < -0.39 is 0 Å². The molecule has 1 atom stereocenters. The number of urea groups is 1. The summed E-state index contributed by atoms with van der Waals surface area (Å²) in [4.78, 5) is 18.5. The average molecular weight is 344 g/mol. The van der Waals surface area contributed by atoms with Gasteiger partial charge in [-0.25, -0.2) is 4.79 Å². The van der Waals surface area contributed by atoms with Gasteiger partial charge < -0.3 is 15.0 Å². The van der Waals surface area contributed by atoms with Gasteiger partial charge in [-0.15, -0.1) is 5.10 Å². The second-order valence-electron chi connectivity index (χ2n) is 6.34. The molecule has 8 heteroatoms. The number of rotatable bonds is 5. The molecule has 0 aromatic carbocycles. The minimum Gasteiger partial charge on any atom is -0.495 e. The van der Waals surface area contributed by atoms with Crippen molar-refractivity contribution in [2.45, 2.75) is 32.4 Å². The lowest BCUT2D eigenvalue weighted by atomic mass is 9.97. The number of ether oxygens (including phenoxy) is 1. The molecule has 2 aromatic heterocycles. The predicted octanol–water partition coefficient (Wildman–Crippen LogP) is 1.86. The molecule has 8 nitrogen and oxygen atoms in total. The van der Waals surface area contributed by atoms with Crippen molar-refractivity contribution in [2.75, 3.05) is 20.2 Å². The number of aromatic nitrogens is 4. The molecule has 134 valence electrons. The van der Waals surface area contributed by atoms with E-state index in [0.29, 0.717) is 11.7 Å². The number of carbonyl (C=O) groups is 1. The first-order valence-corrected chi connectivity index (χ1v) is 8.55. The minimum absolute atomic E-state index is 0.0365. The Hall–Kier alpha value is -2.64. The van der Waals surface area contributed by atoms with Crippen LogP contribution in [0.25, 0.3) is 0 Å². The van der Waals surface area contributed by atoms with Crippen LogP contribution in [0.4, 0.5) is 4.79 Å². The van der Waals surface area contributed by atoms with Crippen molar-refractivity contribution < 1.29 is 9.53 Å². The molecule has 0 radical (unpaired) electrons. The zero-order valence-electron chi connectivity index (χ0n) is 14.6. The summed E-state index contributed by atoms with van der Waals surface area (Å²) in [5, 5.41) is 10.9. The summed E-state index contributed by atoms with van der Waals surface area (Å²) in [5.74, 6) is 1.21. The van der Waals surface area contributed by atoms with E-state index in [-0.39, 0.29) is 12.1 Å². The number of pyridine rings is 1. The topological polar surface area (TPSA) is 85.2 Å². The maximum Gasteiger partial charge on any atom is 0.317 e. The van der Waals surface area contributed by atoms with E-state index in [1.165, 1.54) is 0 Å². The Labute approximate surface area is 147 Å². The van der Waals surface area contributed by atoms with Crippen LogP contribution in [0.1, 0.15) is 31.4 Å². The monoisotopic (exact) mass is 344 g/mol. The van der Waals surface area contributed by atoms with Crippen molar-refractivity contribution >= 4 is 6.03 Å². The number of nitrogens with one attached hydrogen (secondary N) is 1. The molecule has 2 aromatic rings. The lowest BCUT2D eigenvalue weighted by Crippen LogP contribution is -2.45. The van der Waals surface area contributed by atoms with Crippen LogP contribution in [0.15, 0.2) is 30.9 Å². The Balaban J connectivity index is 1.50. The van der Waals surface area contributed by atoms with Crippen LogP contribution in [-0.2, 0) is 6.54 Å². The molecular weight excluding hydrogens is 320 g/mol. The van der Waals surface area contributed by atoms with Gasteiger partial charge in [0.05, 0.1) is 25.5 Å². The lowest BCUT2D eigenvalue weighted by Gasteiger charge is -2.32. The molecule has 3 rings (SSSR count). The third kappa shape index (κ3) is 4.26. The van der Waals surface area contributed by atoms with Gasteiger partial charge in [0.15, 0.2) is 0 Å². The van der Waals surface area contributed by atoms with Gasteiger partial charge in [-0.2, -0.15) is 0 Å². The Bertz CT molecular complexity index is 682. The van der Waals surface area contributed by atoms with Crippen molar-refractivity contribution in [1.82, 2.24) is 30.2 Å². The molecule has 1 N–H and O–H groups in total. The summed E-state index contributed by atoms with van der Waals surface area (Å²) in [6.45, 7) is 4.32. The van der Waals surface area contributed by atoms with Crippen LogP contribution < -0.4 is 10.1 Å². The largest absolute Gasteiger partial charge is 0.495 e. The van der Waals surface area contributed by atoms with Gasteiger partial charge in [-0.3, -0.25) is 9.67 Å². The Morgan fingerprint density at radius 3 is 2.88 bits per heavy atom. The summed E-state index contributed by atoms with van der Waals surface area (Å²) in [7, 11) is 1.61. The highest BCUT2D eigenvalue weighted by Gasteiger charge is 2.24. The summed E-state index contributed by atoms with van der Waals surface area (Å²) >= 11 is 0. The molecule has 1 aliphatic rings. The fraction of sp³-hybridized carbons (Fsp3) is 0.529. The van der Waals surface area contributed by atoms with E-state index in [0.717, 1.165) is 38.0 Å². The molecule has 1 fully saturated rings. The zero-order chi connectivity index (χ0) is 17.6. The average Bonchev–Trinajstić information content (AvgIpc) is 3.15. The fourth-order valence-corrected chi connectivity index (χ4v) is 3.19. The highest BCUT2D eigenvalue weighted by atomic mass is 16.5. The summed E-state index contributed by atoms with van der Waals surface area (Å²) in [6.07, 6.45) is 8.88. The first-order valence-electron chi connectivity index (χ1n) is 8.55. The number of nitrogens with zero attached hydrogens (tertiary/aromatic N) is 5. The van der Waals surface area contributed by atoms with Crippen molar-refractivity contribution in [1.29, 1.82) is 0 Å². The third-order valence-corrected chi connectivity index (χ3v) is 4.66. The summed E-state index contributed by atoms with van der Waals surface area (Å²) in [5.41, 5.74) is 0.923. The Morgan fingerprint density at radius 2 is 2.20 bits per heavy atom.